The predicted molar refractivity (Wildman–Crippen MR) is 77.7 cm³/mol. The van der Waals surface area contributed by atoms with E-state index in [1.54, 1.807) is 4.68 Å². The van der Waals surface area contributed by atoms with E-state index in [1.165, 1.54) is 32.1 Å². The molecule has 0 aliphatic heterocycles. The lowest BCUT2D eigenvalue weighted by molar-refractivity contribution is -0.118. The van der Waals surface area contributed by atoms with Crippen molar-refractivity contribution in [3.63, 3.8) is 0 Å². The quantitative estimate of drug-likeness (QED) is 0.831. The molecule has 1 fully saturated rings. The van der Waals surface area contributed by atoms with Crippen LogP contribution >= 0.6 is 0 Å². The first kappa shape index (κ1) is 15.5. The van der Waals surface area contributed by atoms with Crippen molar-refractivity contribution in [1.82, 2.24) is 15.0 Å². The van der Waals surface area contributed by atoms with Gasteiger partial charge in [-0.3, -0.25) is 4.79 Å². The third-order valence-corrected chi connectivity index (χ3v) is 3.95. The number of hydrogen-bond acceptors (Lipinski definition) is 4. The van der Waals surface area contributed by atoms with Gasteiger partial charge in [0, 0.05) is 12.8 Å². The molecule has 0 bridgehead atoms. The van der Waals surface area contributed by atoms with Crippen LogP contribution in [-0.2, 0) is 4.79 Å². The number of amides is 1. The van der Waals surface area contributed by atoms with Crippen molar-refractivity contribution in [2.45, 2.75) is 57.4 Å². The first-order valence-electron chi connectivity index (χ1n) is 7.63. The van der Waals surface area contributed by atoms with Crippen molar-refractivity contribution in [3.05, 3.63) is 18.3 Å². The smallest absolute Gasteiger partial charge is 0.217 e. The highest BCUT2D eigenvalue weighted by molar-refractivity contribution is 5.73. The minimum atomic E-state index is -0.384. The third kappa shape index (κ3) is 4.85. The fraction of sp³-hybridized carbons (Fsp3) is 0.667. The van der Waals surface area contributed by atoms with Gasteiger partial charge >= 0.3 is 0 Å². The third-order valence-electron chi connectivity index (χ3n) is 3.95. The number of hydrogen-bond donors (Lipinski definition) is 1. The molecular formula is C15H22N5O. The monoisotopic (exact) mass is 288 g/mol. The molecule has 1 aliphatic rings. The van der Waals surface area contributed by atoms with Gasteiger partial charge in [0.1, 0.15) is 6.04 Å². The maximum Gasteiger partial charge on any atom is 0.217 e. The molecule has 0 aromatic carbocycles. The van der Waals surface area contributed by atoms with Crippen molar-refractivity contribution in [3.8, 4) is 6.07 Å². The second-order valence-corrected chi connectivity index (χ2v) is 5.69. The fourth-order valence-corrected chi connectivity index (χ4v) is 2.79. The van der Waals surface area contributed by atoms with Crippen LogP contribution in [0.2, 0.25) is 0 Å². The van der Waals surface area contributed by atoms with Crippen LogP contribution in [-0.4, -0.2) is 20.9 Å². The molecule has 1 saturated carbocycles. The number of aromatic nitrogens is 3. The number of nitrogens with zero attached hydrogens (tertiary/aromatic N) is 4. The lowest BCUT2D eigenvalue weighted by Gasteiger charge is -2.19. The van der Waals surface area contributed by atoms with Gasteiger partial charge in [-0.25, -0.2) is 4.68 Å². The highest BCUT2D eigenvalue weighted by Crippen LogP contribution is 2.27. The van der Waals surface area contributed by atoms with Gasteiger partial charge in [0.2, 0.25) is 5.91 Å². The molecule has 1 aliphatic carbocycles. The van der Waals surface area contributed by atoms with Crippen LogP contribution < -0.4 is 5.73 Å². The average molecular weight is 288 g/mol. The average Bonchev–Trinajstić information content (AvgIpc) is 2.93. The van der Waals surface area contributed by atoms with E-state index in [4.69, 9.17) is 5.73 Å². The second kappa shape index (κ2) is 7.77. The Hall–Kier alpha value is -1.90. The maximum absolute atomic E-state index is 10.7. The molecule has 0 saturated heterocycles. The number of rotatable bonds is 7. The highest BCUT2D eigenvalue weighted by atomic mass is 16.1. The summed E-state index contributed by atoms with van der Waals surface area (Å²) < 4.78 is 1.59. The molecule has 1 amide bonds. The van der Waals surface area contributed by atoms with Crippen LogP contribution in [0.1, 0.15) is 63.1 Å². The summed E-state index contributed by atoms with van der Waals surface area (Å²) in [6.45, 7) is 0. The van der Waals surface area contributed by atoms with Crippen LogP contribution in [0.15, 0.2) is 6.20 Å². The van der Waals surface area contributed by atoms with Crippen LogP contribution in [0.25, 0.3) is 0 Å². The Morgan fingerprint density at radius 1 is 1.52 bits per heavy atom. The lowest BCUT2D eigenvalue weighted by Crippen LogP contribution is -2.12. The van der Waals surface area contributed by atoms with E-state index in [1.807, 2.05) is 6.20 Å². The minimum absolute atomic E-state index is 0.300. The van der Waals surface area contributed by atoms with Gasteiger partial charge < -0.3 is 5.73 Å². The topological polar surface area (TPSA) is 97.6 Å². The number of primary amides is 1. The number of carbonyl (C=O) groups excluding carboxylic acids is 1. The van der Waals surface area contributed by atoms with Crippen molar-refractivity contribution in [1.29, 1.82) is 5.26 Å². The second-order valence-electron chi connectivity index (χ2n) is 5.69. The normalized spacial score (nSPS) is 17.3. The summed E-state index contributed by atoms with van der Waals surface area (Å²) in [5, 5.41) is 17.4. The molecule has 1 aromatic heterocycles. The zero-order valence-electron chi connectivity index (χ0n) is 12.2. The standard InChI is InChI=1S/C15H22N5O/c16-10-14(7-4-8-15(17)21)20-11-13(18-19-20)9-12-5-2-1-3-6-12/h9,11-12,14H,1-8H2,(H2,17,21)/t14-/m0/s1. The van der Waals surface area contributed by atoms with Crippen LogP contribution in [0.4, 0.5) is 0 Å². The summed E-state index contributed by atoms with van der Waals surface area (Å²) in [4.78, 5) is 10.7. The molecule has 1 heterocycles. The molecule has 113 valence electrons. The predicted octanol–water partition coefficient (Wildman–Crippen LogP) is 2.13. The molecule has 2 N–H and O–H groups in total. The Balaban J connectivity index is 1.87. The molecule has 1 atom stereocenters. The summed E-state index contributed by atoms with van der Waals surface area (Å²) in [7, 11) is 0. The van der Waals surface area contributed by atoms with Crippen molar-refractivity contribution in [2.24, 2.45) is 11.7 Å². The van der Waals surface area contributed by atoms with Crippen LogP contribution in [0, 0.1) is 23.7 Å². The maximum atomic E-state index is 10.7. The first-order valence-corrected chi connectivity index (χ1v) is 7.63. The SMILES string of the molecule is N#C[C@H](CCCC(N)=O)n1cc([CH]C2CCCCC2)nn1. The Kier molecular flexibility index (Phi) is 5.73. The molecule has 21 heavy (non-hydrogen) atoms. The molecule has 6 heteroatoms. The van der Waals surface area contributed by atoms with Gasteiger partial charge in [-0.15, -0.1) is 5.10 Å². The summed E-state index contributed by atoms with van der Waals surface area (Å²) in [5.74, 6) is 0.246. The highest BCUT2D eigenvalue weighted by Gasteiger charge is 2.18. The molecule has 6 nitrogen and oxygen atoms in total. The van der Waals surface area contributed by atoms with Crippen molar-refractivity contribution < 1.29 is 4.79 Å². The van der Waals surface area contributed by atoms with E-state index in [-0.39, 0.29) is 11.9 Å². The van der Waals surface area contributed by atoms with E-state index in [2.05, 4.69) is 22.8 Å². The molecular weight excluding hydrogens is 266 g/mol. The Morgan fingerprint density at radius 3 is 2.95 bits per heavy atom. The fourth-order valence-electron chi connectivity index (χ4n) is 2.79. The molecule has 1 radical (unpaired) electrons. The molecule has 2 rings (SSSR count). The zero-order valence-corrected chi connectivity index (χ0v) is 12.2. The number of nitriles is 1. The van der Waals surface area contributed by atoms with Gasteiger partial charge in [-0.1, -0.05) is 24.5 Å². The van der Waals surface area contributed by atoms with Gasteiger partial charge in [-0.05, 0) is 31.6 Å². The van der Waals surface area contributed by atoms with E-state index >= 15 is 0 Å². The number of nitrogens with two attached hydrogens (primary N) is 1. The Labute approximate surface area is 125 Å². The summed E-state index contributed by atoms with van der Waals surface area (Å²) >= 11 is 0. The Morgan fingerprint density at radius 2 is 2.29 bits per heavy atom. The van der Waals surface area contributed by atoms with Gasteiger partial charge in [-0.2, -0.15) is 5.26 Å². The van der Waals surface area contributed by atoms with Crippen molar-refractivity contribution >= 4 is 5.91 Å². The molecule has 1 aromatic rings. The van der Waals surface area contributed by atoms with E-state index < -0.39 is 0 Å². The summed E-state index contributed by atoms with van der Waals surface area (Å²) in [6.07, 6.45) is 11.8. The van der Waals surface area contributed by atoms with E-state index in [0.29, 0.717) is 25.2 Å². The van der Waals surface area contributed by atoms with Gasteiger partial charge in [0.25, 0.3) is 0 Å². The molecule has 0 spiro atoms. The van der Waals surface area contributed by atoms with Crippen LogP contribution in [0.5, 0.6) is 0 Å². The van der Waals surface area contributed by atoms with E-state index in [9.17, 15) is 10.1 Å². The lowest BCUT2D eigenvalue weighted by atomic mass is 9.86. The van der Waals surface area contributed by atoms with Crippen LogP contribution in [0.3, 0.4) is 0 Å². The molecule has 0 unspecified atom stereocenters. The number of carbonyl (C=O) groups is 1. The zero-order chi connectivity index (χ0) is 15.1. The summed E-state index contributed by atoms with van der Waals surface area (Å²) in [5.41, 5.74) is 5.95. The minimum Gasteiger partial charge on any atom is -0.370 e. The van der Waals surface area contributed by atoms with Crippen molar-refractivity contribution in [2.75, 3.05) is 0 Å². The first-order chi connectivity index (χ1) is 10.2. The summed E-state index contributed by atoms with van der Waals surface area (Å²) in [6, 6.07) is 1.82. The largest absolute Gasteiger partial charge is 0.370 e. The van der Waals surface area contributed by atoms with Gasteiger partial charge in [0.05, 0.1) is 18.0 Å². The van der Waals surface area contributed by atoms with E-state index in [0.717, 1.165) is 5.69 Å². The van der Waals surface area contributed by atoms with Gasteiger partial charge in [0.15, 0.2) is 0 Å². The Bertz CT molecular complexity index is 498.